The van der Waals surface area contributed by atoms with E-state index in [2.05, 4.69) is 0 Å². The van der Waals surface area contributed by atoms with Crippen molar-refractivity contribution in [2.75, 3.05) is 0 Å². The van der Waals surface area contributed by atoms with Gasteiger partial charge in [0.25, 0.3) is 0 Å². The molecule has 0 heterocycles. The normalized spacial score (nSPS) is 13.3. The molecule has 5 nitrogen and oxygen atoms in total. The molecular formula is C18H19NO4. The van der Waals surface area contributed by atoms with Crippen LogP contribution in [-0.4, -0.2) is 28.2 Å². The highest BCUT2D eigenvalue weighted by atomic mass is 16.4. The Bertz CT molecular complexity index is 684. The summed E-state index contributed by atoms with van der Waals surface area (Å²) in [6.07, 6.45) is 0.134. The lowest BCUT2D eigenvalue weighted by atomic mass is 9.89. The third-order valence-electron chi connectivity index (χ3n) is 3.77. The highest BCUT2D eigenvalue weighted by Gasteiger charge is 2.25. The van der Waals surface area contributed by atoms with E-state index in [1.54, 1.807) is 0 Å². The molecule has 4 N–H and O–H groups in total. The number of nitrogens with two attached hydrogens (primary N) is 1. The van der Waals surface area contributed by atoms with Gasteiger partial charge in [-0.25, -0.2) is 0 Å². The molecule has 2 atom stereocenters. The maximum atomic E-state index is 11.5. The van der Waals surface area contributed by atoms with Crippen LogP contribution in [0.15, 0.2) is 54.6 Å². The van der Waals surface area contributed by atoms with E-state index in [0.717, 1.165) is 16.7 Å². The Morgan fingerprint density at radius 2 is 1.52 bits per heavy atom. The van der Waals surface area contributed by atoms with Crippen LogP contribution in [0, 0.1) is 5.92 Å². The van der Waals surface area contributed by atoms with Crippen LogP contribution in [0.5, 0.6) is 0 Å². The third-order valence-corrected chi connectivity index (χ3v) is 3.77. The Kier molecular flexibility index (Phi) is 5.49. The van der Waals surface area contributed by atoms with E-state index in [-0.39, 0.29) is 12.8 Å². The molecule has 0 fully saturated rings. The quantitative estimate of drug-likeness (QED) is 0.728. The molecule has 0 radical (unpaired) electrons. The summed E-state index contributed by atoms with van der Waals surface area (Å²) in [5.41, 5.74) is 8.30. The van der Waals surface area contributed by atoms with Gasteiger partial charge in [-0.1, -0.05) is 54.6 Å². The molecule has 2 rings (SSSR count). The van der Waals surface area contributed by atoms with Crippen LogP contribution >= 0.6 is 0 Å². The Hall–Kier alpha value is -2.66. The van der Waals surface area contributed by atoms with E-state index in [1.807, 2.05) is 54.6 Å². The van der Waals surface area contributed by atoms with Gasteiger partial charge in [0.15, 0.2) is 0 Å². The largest absolute Gasteiger partial charge is 0.481 e. The molecule has 5 heteroatoms. The van der Waals surface area contributed by atoms with Gasteiger partial charge in [-0.05, 0) is 29.5 Å². The number of benzene rings is 2. The van der Waals surface area contributed by atoms with Crippen molar-refractivity contribution < 1.29 is 19.8 Å². The van der Waals surface area contributed by atoms with E-state index in [1.165, 1.54) is 0 Å². The molecule has 2 aromatic carbocycles. The Labute approximate surface area is 134 Å². The molecule has 2 aromatic rings. The number of hydrogen-bond donors (Lipinski definition) is 3. The molecule has 0 spiro atoms. The van der Waals surface area contributed by atoms with Gasteiger partial charge in [0, 0.05) is 0 Å². The summed E-state index contributed by atoms with van der Waals surface area (Å²) in [6, 6.07) is 16.0. The highest BCUT2D eigenvalue weighted by molar-refractivity contribution is 5.76. The van der Waals surface area contributed by atoms with E-state index in [9.17, 15) is 14.7 Å². The molecule has 0 aromatic heterocycles. The molecule has 120 valence electrons. The zero-order chi connectivity index (χ0) is 16.8. The number of carboxylic acids is 2. The van der Waals surface area contributed by atoms with Crippen molar-refractivity contribution >= 4 is 11.9 Å². The van der Waals surface area contributed by atoms with E-state index in [0.29, 0.717) is 0 Å². The molecule has 0 saturated heterocycles. The number of aliphatic carboxylic acids is 2. The van der Waals surface area contributed by atoms with Gasteiger partial charge in [-0.15, -0.1) is 0 Å². The van der Waals surface area contributed by atoms with Crippen molar-refractivity contribution in [3.05, 3.63) is 60.2 Å². The smallest absolute Gasteiger partial charge is 0.320 e. The minimum atomic E-state index is -1.19. The molecule has 0 aliphatic heterocycles. The van der Waals surface area contributed by atoms with E-state index >= 15 is 0 Å². The van der Waals surface area contributed by atoms with Crippen molar-refractivity contribution in [3.63, 3.8) is 0 Å². The Balaban J connectivity index is 2.27. The molecule has 0 saturated carbocycles. The van der Waals surface area contributed by atoms with Crippen molar-refractivity contribution in [1.82, 2.24) is 0 Å². The van der Waals surface area contributed by atoms with Gasteiger partial charge < -0.3 is 15.9 Å². The number of rotatable bonds is 7. The van der Waals surface area contributed by atoms with Crippen LogP contribution in [0.4, 0.5) is 0 Å². The van der Waals surface area contributed by atoms with Gasteiger partial charge in [0.1, 0.15) is 6.04 Å². The van der Waals surface area contributed by atoms with Crippen LogP contribution in [0.1, 0.15) is 12.0 Å². The first-order valence-corrected chi connectivity index (χ1v) is 7.33. The summed E-state index contributed by atoms with van der Waals surface area (Å²) < 4.78 is 0. The standard InChI is InChI=1S/C18H19NO4/c19-16(18(22)23)11-14(17(20)21)10-13-8-4-5-9-15(13)12-6-2-1-3-7-12/h1-9,14,16H,10-11,19H2,(H,20,21)(H,22,23)/t14-,16+/m0/s1. The maximum Gasteiger partial charge on any atom is 0.320 e. The molecule has 0 unspecified atom stereocenters. The predicted molar refractivity (Wildman–Crippen MR) is 86.9 cm³/mol. The first-order valence-electron chi connectivity index (χ1n) is 7.33. The van der Waals surface area contributed by atoms with E-state index < -0.39 is 23.9 Å². The lowest BCUT2D eigenvalue weighted by Crippen LogP contribution is -2.35. The van der Waals surface area contributed by atoms with Gasteiger partial charge >= 0.3 is 11.9 Å². The molecule has 0 bridgehead atoms. The van der Waals surface area contributed by atoms with Gasteiger partial charge in [-0.3, -0.25) is 9.59 Å². The number of carbonyl (C=O) groups is 2. The average molecular weight is 313 g/mol. The third kappa shape index (κ3) is 4.40. The summed E-state index contributed by atoms with van der Waals surface area (Å²) in [7, 11) is 0. The minimum Gasteiger partial charge on any atom is -0.481 e. The summed E-state index contributed by atoms with van der Waals surface area (Å²) in [6.45, 7) is 0. The first kappa shape index (κ1) is 16.7. The van der Waals surface area contributed by atoms with Gasteiger partial charge in [0.2, 0.25) is 0 Å². The van der Waals surface area contributed by atoms with Crippen LogP contribution in [-0.2, 0) is 16.0 Å². The maximum absolute atomic E-state index is 11.5. The number of carboxylic acid groups (broad SMARTS) is 2. The first-order chi connectivity index (χ1) is 11.0. The fraction of sp³-hybridized carbons (Fsp3) is 0.222. The summed E-state index contributed by atoms with van der Waals surface area (Å²) in [4.78, 5) is 22.3. The van der Waals surface area contributed by atoms with Crippen LogP contribution in [0.25, 0.3) is 11.1 Å². The molecule has 0 aliphatic rings. The second-order valence-electron chi connectivity index (χ2n) is 5.44. The van der Waals surface area contributed by atoms with E-state index in [4.69, 9.17) is 10.8 Å². The zero-order valence-electron chi connectivity index (χ0n) is 12.6. The van der Waals surface area contributed by atoms with Crippen molar-refractivity contribution in [1.29, 1.82) is 0 Å². The highest BCUT2D eigenvalue weighted by Crippen LogP contribution is 2.26. The average Bonchev–Trinajstić information content (AvgIpc) is 2.55. The molecule has 23 heavy (non-hydrogen) atoms. The number of hydrogen-bond acceptors (Lipinski definition) is 3. The van der Waals surface area contributed by atoms with Crippen molar-refractivity contribution in [2.24, 2.45) is 11.7 Å². The zero-order valence-corrected chi connectivity index (χ0v) is 12.6. The lowest BCUT2D eigenvalue weighted by molar-refractivity contribution is -0.143. The second kappa shape index (κ2) is 7.56. The summed E-state index contributed by atoms with van der Waals surface area (Å²) in [5.74, 6) is -3.07. The molecule has 0 amide bonds. The Morgan fingerprint density at radius 3 is 2.13 bits per heavy atom. The van der Waals surface area contributed by atoms with Crippen LogP contribution in [0.3, 0.4) is 0 Å². The monoisotopic (exact) mass is 313 g/mol. The molecule has 0 aliphatic carbocycles. The van der Waals surface area contributed by atoms with Gasteiger partial charge in [0.05, 0.1) is 5.92 Å². The topological polar surface area (TPSA) is 101 Å². The fourth-order valence-corrected chi connectivity index (χ4v) is 2.54. The minimum absolute atomic E-state index is 0.103. The summed E-state index contributed by atoms with van der Waals surface area (Å²) >= 11 is 0. The van der Waals surface area contributed by atoms with Crippen molar-refractivity contribution in [2.45, 2.75) is 18.9 Å². The predicted octanol–water partition coefficient (Wildman–Crippen LogP) is 2.40. The van der Waals surface area contributed by atoms with Crippen LogP contribution in [0.2, 0.25) is 0 Å². The fourth-order valence-electron chi connectivity index (χ4n) is 2.54. The Morgan fingerprint density at radius 1 is 0.913 bits per heavy atom. The molecular weight excluding hydrogens is 294 g/mol. The van der Waals surface area contributed by atoms with Gasteiger partial charge in [-0.2, -0.15) is 0 Å². The second-order valence-corrected chi connectivity index (χ2v) is 5.44. The SMILES string of the molecule is N[C@H](C[C@H](Cc1ccccc1-c1ccccc1)C(=O)O)C(=O)O. The summed E-state index contributed by atoms with van der Waals surface area (Å²) in [5, 5.41) is 18.3. The van der Waals surface area contributed by atoms with Crippen molar-refractivity contribution in [3.8, 4) is 11.1 Å². The lowest BCUT2D eigenvalue weighted by Gasteiger charge is -2.17. The van der Waals surface area contributed by atoms with Crippen LogP contribution < -0.4 is 5.73 Å².